The largest absolute Gasteiger partial charge is 0.444 e. The van der Waals surface area contributed by atoms with Crippen molar-refractivity contribution < 1.29 is 38.2 Å². The molecule has 0 fully saturated rings. The molecule has 1 aromatic carbocycles. The Balaban J connectivity index is 1.34. The number of fused-ring (bicyclic) bond motifs is 3. The lowest BCUT2D eigenvalue weighted by atomic mass is 10.0. The molecule has 0 saturated heterocycles. The van der Waals surface area contributed by atoms with Crippen LogP contribution in [0.25, 0.3) is 21.9 Å². The highest BCUT2D eigenvalue weighted by Crippen LogP contribution is 2.32. The van der Waals surface area contributed by atoms with E-state index in [-0.39, 0.29) is 49.8 Å². The van der Waals surface area contributed by atoms with Crippen LogP contribution in [0.1, 0.15) is 86.9 Å². The molecule has 0 radical (unpaired) electrons. The van der Waals surface area contributed by atoms with Gasteiger partial charge in [0.15, 0.2) is 5.82 Å². The van der Waals surface area contributed by atoms with Crippen molar-refractivity contribution in [2.45, 2.75) is 111 Å². The number of hydrogen-bond acceptors (Lipinski definition) is 11. The first-order chi connectivity index (χ1) is 26.4. The van der Waals surface area contributed by atoms with Gasteiger partial charge in [-0.05, 0) is 74.3 Å². The van der Waals surface area contributed by atoms with E-state index >= 15 is 0 Å². The van der Waals surface area contributed by atoms with Crippen molar-refractivity contribution in [2.24, 2.45) is 0 Å². The number of para-hydroxylation sites is 1. The van der Waals surface area contributed by atoms with E-state index in [2.05, 4.69) is 25.8 Å². The van der Waals surface area contributed by atoms with Gasteiger partial charge in [-0.25, -0.2) is 14.8 Å². The number of anilines is 1. The van der Waals surface area contributed by atoms with Crippen LogP contribution in [-0.4, -0.2) is 105 Å². The molecule has 0 spiro atoms. The summed E-state index contributed by atoms with van der Waals surface area (Å²) in [6.45, 7) is 17.2. The molecule has 1 aliphatic heterocycles. The SMILES string of the molecule is CCOCc1nc2c(NCCNC(=O)OC(C)(C)C)nc3ccccc3c2n1CC(C)(C)OCCNC(=O)C(C)(C)NC(=O)CCCCCN1C(=O)C=CC1=O. The van der Waals surface area contributed by atoms with E-state index in [1.807, 2.05) is 65.8 Å². The zero-order valence-electron chi connectivity index (χ0n) is 34.0. The number of pyridine rings is 1. The second-order valence-electron chi connectivity index (χ2n) is 15.8. The number of nitrogens with zero attached hydrogens (tertiary/aromatic N) is 4. The average Bonchev–Trinajstić information content (AvgIpc) is 3.63. The summed E-state index contributed by atoms with van der Waals surface area (Å²) >= 11 is 0. The van der Waals surface area contributed by atoms with Gasteiger partial charge in [-0.15, -0.1) is 0 Å². The summed E-state index contributed by atoms with van der Waals surface area (Å²) < 4.78 is 19.6. The van der Waals surface area contributed by atoms with E-state index in [4.69, 9.17) is 24.2 Å². The highest BCUT2D eigenvalue weighted by molar-refractivity contribution is 6.12. The Morgan fingerprint density at radius 1 is 0.857 bits per heavy atom. The smallest absolute Gasteiger partial charge is 0.407 e. The average molecular weight is 779 g/mol. The van der Waals surface area contributed by atoms with Gasteiger partial charge >= 0.3 is 6.09 Å². The zero-order valence-corrected chi connectivity index (χ0v) is 34.0. The van der Waals surface area contributed by atoms with Crippen molar-refractivity contribution in [2.75, 3.05) is 44.7 Å². The van der Waals surface area contributed by atoms with Gasteiger partial charge in [0, 0.05) is 56.7 Å². The van der Waals surface area contributed by atoms with Crippen LogP contribution in [0, 0.1) is 0 Å². The summed E-state index contributed by atoms with van der Waals surface area (Å²) in [5.41, 5.74) is -0.152. The second kappa shape index (κ2) is 19.2. The molecular weight excluding hydrogens is 720 g/mol. The van der Waals surface area contributed by atoms with Gasteiger partial charge in [0.05, 0.1) is 29.8 Å². The Morgan fingerprint density at radius 2 is 1.57 bits per heavy atom. The molecule has 306 valence electrons. The summed E-state index contributed by atoms with van der Waals surface area (Å²) in [6.07, 6.45) is 4.05. The molecule has 1 aliphatic rings. The lowest BCUT2D eigenvalue weighted by Gasteiger charge is -2.28. The fourth-order valence-electron chi connectivity index (χ4n) is 6.13. The molecular formula is C40H58N8O8. The molecule has 4 N–H and O–H groups in total. The molecule has 16 heteroatoms. The van der Waals surface area contributed by atoms with Gasteiger partial charge in [-0.3, -0.25) is 24.1 Å². The van der Waals surface area contributed by atoms with Crippen LogP contribution in [-0.2, 0) is 46.5 Å². The highest BCUT2D eigenvalue weighted by atomic mass is 16.6. The Kier molecular flexibility index (Phi) is 14.9. The maximum Gasteiger partial charge on any atom is 0.407 e. The van der Waals surface area contributed by atoms with E-state index in [9.17, 15) is 24.0 Å². The minimum Gasteiger partial charge on any atom is -0.444 e. The molecule has 0 unspecified atom stereocenters. The lowest BCUT2D eigenvalue weighted by molar-refractivity contribution is -0.137. The van der Waals surface area contributed by atoms with Crippen molar-refractivity contribution in [1.29, 1.82) is 0 Å². The van der Waals surface area contributed by atoms with E-state index < -0.39 is 22.8 Å². The number of aromatic nitrogens is 3. The van der Waals surface area contributed by atoms with E-state index in [1.54, 1.807) is 13.8 Å². The fraction of sp³-hybridized carbons (Fsp3) is 0.575. The van der Waals surface area contributed by atoms with Crippen molar-refractivity contribution in [3.8, 4) is 0 Å². The zero-order chi connectivity index (χ0) is 41.1. The minimum absolute atomic E-state index is 0.216. The molecule has 4 rings (SSSR count). The van der Waals surface area contributed by atoms with E-state index in [0.717, 1.165) is 16.4 Å². The van der Waals surface area contributed by atoms with Gasteiger partial charge < -0.3 is 40.0 Å². The monoisotopic (exact) mass is 778 g/mol. The van der Waals surface area contributed by atoms with Crippen LogP contribution in [0.4, 0.5) is 10.6 Å². The van der Waals surface area contributed by atoms with Crippen molar-refractivity contribution >= 4 is 57.5 Å². The highest BCUT2D eigenvalue weighted by Gasteiger charge is 2.30. The van der Waals surface area contributed by atoms with Crippen molar-refractivity contribution in [3.05, 3.63) is 42.2 Å². The Bertz CT molecular complexity index is 1890. The van der Waals surface area contributed by atoms with Gasteiger partial charge in [0.2, 0.25) is 11.8 Å². The first-order valence-electron chi connectivity index (χ1n) is 19.2. The predicted octanol–water partition coefficient (Wildman–Crippen LogP) is 4.35. The Hall–Kier alpha value is -5.09. The standard InChI is InChI=1S/C40H58N8O8/c1-9-54-25-29-45-33-34(27-15-12-13-16-28(27)44-35(33)41-20-21-43-37(53)56-38(2,3)4)48(29)26-39(5,6)55-24-22-42-36(52)40(7,8)46-30(49)17-11-10-14-23-47-31(50)18-19-32(47)51/h12-13,15-16,18-19H,9-11,14,17,20-26H2,1-8H3,(H,41,44)(H,42,52)(H,43,53)(H,46,49). The lowest BCUT2D eigenvalue weighted by Crippen LogP contribution is -2.55. The third-order valence-electron chi connectivity index (χ3n) is 8.81. The molecule has 0 saturated carbocycles. The molecule has 5 amide bonds. The summed E-state index contributed by atoms with van der Waals surface area (Å²) in [6, 6.07) is 7.83. The number of amides is 5. The van der Waals surface area contributed by atoms with Crippen LogP contribution in [0.3, 0.4) is 0 Å². The number of hydrogen-bond donors (Lipinski definition) is 4. The number of carbonyl (C=O) groups is 5. The third kappa shape index (κ3) is 12.5. The predicted molar refractivity (Wildman–Crippen MR) is 213 cm³/mol. The Labute approximate surface area is 328 Å². The summed E-state index contributed by atoms with van der Waals surface area (Å²) in [7, 11) is 0. The first kappa shape index (κ1) is 43.6. The molecule has 16 nitrogen and oxygen atoms in total. The quantitative estimate of drug-likeness (QED) is 0.0887. The maximum atomic E-state index is 13.1. The summed E-state index contributed by atoms with van der Waals surface area (Å²) in [5, 5.41) is 12.7. The molecule has 0 atom stereocenters. The number of benzene rings is 1. The van der Waals surface area contributed by atoms with Gasteiger partial charge in [0.25, 0.3) is 11.8 Å². The van der Waals surface area contributed by atoms with Crippen LogP contribution in [0.2, 0.25) is 0 Å². The molecule has 0 bridgehead atoms. The number of nitrogens with one attached hydrogen (secondary N) is 4. The van der Waals surface area contributed by atoms with Gasteiger partial charge in [0.1, 0.15) is 29.1 Å². The van der Waals surface area contributed by atoms with E-state index in [1.165, 1.54) is 17.1 Å². The van der Waals surface area contributed by atoms with Gasteiger partial charge in [-0.2, -0.15) is 0 Å². The minimum atomic E-state index is -1.15. The number of ether oxygens (including phenoxy) is 3. The first-order valence-corrected chi connectivity index (χ1v) is 19.2. The van der Waals surface area contributed by atoms with Crippen LogP contribution in [0.5, 0.6) is 0 Å². The maximum absolute atomic E-state index is 13.1. The molecule has 0 aliphatic carbocycles. The molecule has 3 heterocycles. The number of carbonyl (C=O) groups excluding carboxylic acids is 5. The Morgan fingerprint density at radius 3 is 2.27 bits per heavy atom. The van der Waals surface area contributed by atoms with Crippen LogP contribution in [0.15, 0.2) is 36.4 Å². The summed E-state index contributed by atoms with van der Waals surface area (Å²) in [5.74, 6) is 0.0456. The topological polar surface area (TPSA) is 195 Å². The summed E-state index contributed by atoms with van der Waals surface area (Å²) in [4.78, 5) is 72.3. The normalized spacial score (nSPS) is 13.5. The van der Waals surface area contributed by atoms with Gasteiger partial charge in [-0.1, -0.05) is 24.6 Å². The van der Waals surface area contributed by atoms with Crippen LogP contribution >= 0.6 is 0 Å². The fourth-order valence-corrected chi connectivity index (χ4v) is 6.13. The molecule has 3 aromatic rings. The van der Waals surface area contributed by atoms with Crippen molar-refractivity contribution in [1.82, 2.24) is 35.4 Å². The molecule has 2 aromatic heterocycles. The number of imidazole rings is 1. The number of unbranched alkanes of at least 4 members (excludes halogenated alkanes) is 2. The number of alkyl carbamates (subject to hydrolysis) is 1. The molecule has 56 heavy (non-hydrogen) atoms. The number of imide groups is 1. The second-order valence-corrected chi connectivity index (χ2v) is 15.8. The van der Waals surface area contributed by atoms with E-state index in [0.29, 0.717) is 69.2 Å². The van der Waals surface area contributed by atoms with Crippen LogP contribution < -0.4 is 21.3 Å². The van der Waals surface area contributed by atoms with Crippen molar-refractivity contribution in [3.63, 3.8) is 0 Å². The third-order valence-corrected chi connectivity index (χ3v) is 8.81. The number of rotatable bonds is 21.